The highest BCUT2D eigenvalue weighted by atomic mass is 16.2. The van der Waals surface area contributed by atoms with Crippen molar-refractivity contribution in [2.45, 2.75) is 12.8 Å². The van der Waals surface area contributed by atoms with Crippen LogP contribution in [0.15, 0.2) is 12.7 Å². The molecule has 8 nitrogen and oxygen atoms in total. The summed E-state index contributed by atoms with van der Waals surface area (Å²) in [5.74, 6) is 1.21. The molecule has 0 aliphatic carbocycles. The number of amides is 1. The number of nitrogens with zero attached hydrogens (tertiary/aromatic N) is 4. The van der Waals surface area contributed by atoms with Gasteiger partial charge < -0.3 is 20.5 Å². The van der Waals surface area contributed by atoms with Crippen LogP contribution in [0.5, 0.6) is 0 Å². The quantitative estimate of drug-likeness (QED) is 0.714. The van der Waals surface area contributed by atoms with Gasteiger partial charge in [-0.25, -0.2) is 15.0 Å². The molecule has 1 fully saturated rings. The van der Waals surface area contributed by atoms with E-state index in [0.29, 0.717) is 17.4 Å². The molecule has 0 aromatic carbocycles. The molecule has 0 spiro atoms. The molecule has 0 saturated carbocycles. The molecule has 1 aliphatic rings. The maximum atomic E-state index is 12.1. The van der Waals surface area contributed by atoms with Crippen molar-refractivity contribution in [1.82, 2.24) is 30.6 Å². The van der Waals surface area contributed by atoms with Crippen LogP contribution >= 0.6 is 0 Å². The maximum Gasteiger partial charge on any atom is 0.239 e. The van der Waals surface area contributed by atoms with Crippen molar-refractivity contribution in [3.8, 4) is 0 Å². The fraction of sp³-hybridized carbons (Fsp3) is 0.571. The molecule has 1 amide bonds. The first kappa shape index (κ1) is 14.7. The third kappa shape index (κ3) is 3.33. The molecular weight excluding hydrogens is 282 g/mol. The van der Waals surface area contributed by atoms with Crippen LogP contribution in [0.1, 0.15) is 12.8 Å². The van der Waals surface area contributed by atoms with E-state index in [2.05, 4.69) is 30.6 Å². The smallest absolute Gasteiger partial charge is 0.239 e. The third-order valence-corrected chi connectivity index (χ3v) is 3.93. The first-order valence-electron chi connectivity index (χ1n) is 7.56. The standard InChI is InChI=1S/C14H21N7O/c1-21(14-12-13(18-8-17-12)19-9-20-14)7-11(22)16-6-10-3-2-4-15-5-10/h8-10,15H,2-7H2,1H3,(H,16,22)(H,17,18,19,20). The molecule has 0 bridgehead atoms. The van der Waals surface area contributed by atoms with E-state index < -0.39 is 0 Å². The molecule has 1 saturated heterocycles. The minimum absolute atomic E-state index is 0.000601. The number of likely N-dealkylation sites (N-methyl/N-ethyl adjacent to an activating group) is 1. The van der Waals surface area contributed by atoms with E-state index in [1.807, 2.05) is 7.05 Å². The van der Waals surface area contributed by atoms with E-state index in [-0.39, 0.29) is 12.5 Å². The Hall–Kier alpha value is -2.22. The van der Waals surface area contributed by atoms with E-state index in [9.17, 15) is 4.79 Å². The molecule has 118 valence electrons. The SMILES string of the molecule is CN(CC(=O)NCC1CCCNC1)c1ncnc2nc[nH]c12. The van der Waals surface area contributed by atoms with Gasteiger partial charge in [-0.1, -0.05) is 0 Å². The van der Waals surface area contributed by atoms with Crippen molar-refractivity contribution in [2.24, 2.45) is 5.92 Å². The minimum atomic E-state index is -0.000601. The predicted octanol–water partition coefficient (Wildman–Crippen LogP) is -0.0951. The summed E-state index contributed by atoms with van der Waals surface area (Å²) < 4.78 is 0. The van der Waals surface area contributed by atoms with Crippen LogP contribution in [0.4, 0.5) is 5.82 Å². The second kappa shape index (κ2) is 6.69. The topological polar surface area (TPSA) is 98.8 Å². The summed E-state index contributed by atoms with van der Waals surface area (Å²) in [6.45, 7) is 3.05. The number of H-pyrrole nitrogens is 1. The lowest BCUT2D eigenvalue weighted by molar-refractivity contribution is -0.119. The summed E-state index contributed by atoms with van der Waals surface area (Å²) in [6.07, 6.45) is 5.39. The predicted molar refractivity (Wildman–Crippen MR) is 83.6 cm³/mol. The first-order valence-corrected chi connectivity index (χ1v) is 7.56. The summed E-state index contributed by atoms with van der Waals surface area (Å²) in [7, 11) is 1.84. The zero-order chi connectivity index (χ0) is 15.4. The van der Waals surface area contributed by atoms with Crippen molar-refractivity contribution in [1.29, 1.82) is 0 Å². The Kier molecular flexibility index (Phi) is 4.47. The number of aromatic nitrogens is 4. The van der Waals surface area contributed by atoms with Gasteiger partial charge >= 0.3 is 0 Å². The number of hydrogen-bond donors (Lipinski definition) is 3. The average Bonchev–Trinajstić information content (AvgIpc) is 3.02. The van der Waals surface area contributed by atoms with Crippen LogP contribution in [0.25, 0.3) is 11.2 Å². The van der Waals surface area contributed by atoms with Gasteiger partial charge in [0.2, 0.25) is 5.91 Å². The third-order valence-electron chi connectivity index (χ3n) is 3.93. The van der Waals surface area contributed by atoms with Gasteiger partial charge in [0.1, 0.15) is 11.8 Å². The van der Waals surface area contributed by atoms with Crippen molar-refractivity contribution >= 4 is 22.9 Å². The lowest BCUT2D eigenvalue weighted by Gasteiger charge is -2.24. The van der Waals surface area contributed by atoms with Gasteiger partial charge in [0.25, 0.3) is 0 Å². The van der Waals surface area contributed by atoms with E-state index in [0.717, 1.165) is 25.2 Å². The van der Waals surface area contributed by atoms with Crippen molar-refractivity contribution in [3.05, 3.63) is 12.7 Å². The molecule has 8 heteroatoms. The van der Waals surface area contributed by atoms with Gasteiger partial charge in [-0.2, -0.15) is 0 Å². The summed E-state index contributed by atoms with van der Waals surface area (Å²) in [6, 6.07) is 0. The van der Waals surface area contributed by atoms with Crippen molar-refractivity contribution in [2.75, 3.05) is 38.1 Å². The number of fused-ring (bicyclic) bond motifs is 1. The lowest BCUT2D eigenvalue weighted by Crippen LogP contribution is -2.41. The summed E-state index contributed by atoms with van der Waals surface area (Å²) in [5, 5.41) is 6.36. The van der Waals surface area contributed by atoms with Crippen LogP contribution in [-0.2, 0) is 4.79 Å². The highest BCUT2D eigenvalue weighted by molar-refractivity contribution is 5.86. The number of aromatic amines is 1. The Labute approximate surface area is 128 Å². The number of anilines is 1. The van der Waals surface area contributed by atoms with Gasteiger partial charge in [-0.3, -0.25) is 4.79 Å². The van der Waals surface area contributed by atoms with Gasteiger partial charge in [0, 0.05) is 13.6 Å². The summed E-state index contributed by atoms with van der Waals surface area (Å²) >= 11 is 0. The Morgan fingerprint density at radius 3 is 3.18 bits per heavy atom. The van der Waals surface area contributed by atoms with Crippen LogP contribution in [0.3, 0.4) is 0 Å². The number of nitrogens with one attached hydrogen (secondary N) is 3. The van der Waals surface area contributed by atoms with E-state index in [1.54, 1.807) is 11.2 Å². The van der Waals surface area contributed by atoms with Crippen LogP contribution in [-0.4, -0.2) is 59.1 Å². The molecule has 3 heterocycles. The molecule has 2 aromatic rings. The Morgan fingerprint density at radius 1 is 1.45 bits per heavy atom. The van der Waals surface area contributed by atoms with Gasteiger partial charge in [-0.05, 0) is 31.8 Å². The number of imidazole rings is 1. The number of carbonyl (C=O) groups is 1. The number of carbonyl (C=O) groups excluding carboxylic acids is 1. The molecule has 2 aromatic heterocycles. The highest BCUT2D eigenvalue weighted by Gasteiger charge is 2.16. The van der Waals surface area contributed by atoms with E-state index in [1.165, 1.54) is 19.2 Å². The fourth-order valence-corrected chi connectivity index (χ4v) is 2.74. The summed E-state index contributed by atoms with van der Waals surface area (Å²) in [5.41, 5.74) is 1.35. The molecule has 22 heavy (non-hydrogen) atoms. The normalized spacial score (nSPS) is 18.3. The van der Waals surface area contributed by atoms with Crippen LogP contribution in [0.2, 0.25) is 0 Å². The monoisotopic (exact) mass is 303 g/mol. The minimum Gasteiger partial charge on any atom is -0.354 e. The Balaban J connectivity index is 1.55. The Morgan fingerprint density at radius 2 is 2.36 bits per heavy atom. The molecule has 1 aliphatic heterocycles. The van der Waals surface area contributed by atoms with Gasteiger partial charge in [0.15, 0.2) is 11.5 Å². The second-order valence-corrected chi connectivity index (χ2v) is 5.67. The number of rotatable bonds is 5. The maximum absolute atomic E-state index is 12.1. The Bertz CT molecular complexity index is 635. The molecule has 1 unspecified atom stereocenters. The molecule has 1 atom stereocenters. The van der Waals surface area contributed by atoms with Gasteiger partial charge in [-0.15, -0.1) is 0 Å². The summed E-state index contributed by atoms with van der Waals surface area (Å²) in [4.78, 5) is 29.3. The zero-order valence-electron chi connectivity index (χ0n) is 12.7. The number of piperidine rings is 1. The van der Waals surface area contributed by atoms with Crippen LogP contribution < -0.4 is 15.5 Å². The zero-order valence-corrected chi connectivity index (χ0v) is 12.7. The van der Waals surface area contributed by atoms with E-state index >= 15 is 0 Å². The van der Waals surface area contributed by atoms with E-state index in [4.69, 9.17) is 0 Å². The molecule has 3 rings (SSSR count). The van der Waals surface area contributed by atoms with Crippen molar-refractivity contribution < 1.29 is 4.79 Å². The molecule has 0 radical (unpaired) electrons. The van der Waals surface area contributed by atoms with Crippen LogP contribution in [0, 0.1) is 5.92 Å². The largest absolute Gasteiger partial charge is 0.354 e. The van der Waals surface area contributed by atoms with Gasteiger partial charge in [0.05, 0.1) is 12.9 Å². The highest BCUT2D eigenvalue weighted by Crippen LogP contribution is 2.17. The van der Waals surface area contributed by atoms with Crippen molar-refractivity contribution in [3.63, 3.8) is 0 Å². The first-order chi connectivity index (χ1) is 10.7. The lowest BCUT2D eigenvalue weighted by atomic mass is 10.00. The average molecular weight is 303 g/mol. The molecule has 3 N–H and O–H groups in total. The molecular formula is C14H21N7O. The second-order valence-electron chi connectivity index (χ2n) is 5.67. The fourth-order valence-electron chi connectivity index (χ4n) is 2.74. The number of hydrogen-bond acceptors (Lipinski definition) is 6.